The molecule has 1 N–H and O–H groups in total. The summed E-state index contributed by atoms with van der Waals surface area (Å²) >= 11 is 0. The van der Waals surface area contributed by atoms with E-state index in [-0.39, 0.29) is 11.8 Å². The van der Waals surface area contributed by atoms with Crippen LogP contribution in [0.5, 0.6) is 0 Å². The van der Waals surface area contributed by atoms with Crippen molar-refractivity contribution in [1.82, 2.24) is 5.32 Å². The highest BCUT2D eigenvalue weighted by molar-refractivity contribution is 5.95. The van der Waals surface area contributed by atoms with Gasteiger partial charge in [0.2, 0.25) is 11.8 Å². The van der Waals surface area contributed by atoms with Crippen LogP contribution in [-0.2, 0) is 22.4 Å². The van der Waals surface area contributed by atoms with Crippen molar-refractivity contribution < 1.29 is 9.59 Å². The largest absolute Gasteiger partial charge is 0.296 e. The zero-order valence-corrected chi connectivity index (χ0v) is 11.9. The lowest BCUT2D eigenvalue weighted by Gasteiger charge is -2.04. The van der Waals surface area contributed by atoms with Gasteiger partial charge in [-0.25, -0.2) is 0 Å². The van der Waals surface area contributed by atoms with Crippen LogP contribution >= 0.6 is 0 Å². The molecule has 0 aliphatic heterocycles. The number of benzene rings is 2. The molecule has 0 atom stereocenters. The molecule has 0 fully saturated rings. The molecular weight excluding hydrogens is 262 g/mol. The Bertz CT molecular complexity index is 525. The molecular formula is C18H19NO2. The Kier molecular flexibility index (Phi) is 5.71. The third-order valence-corrected chi connectivity index (χ3v) is 3.25. The average molecular weight is 281 g/mol. The Morgan fingerprint density at radius 2 is 1.05 bits per heavy atom. The van der Waals surface area contributed by atoms with Crippen LogP contribution < -0.4 is 5.32 Å². The van der Waals surface area contributed by atoms with Crippen molar-refractivity contribution in [2.45, 2.75) is 25.7 Å². The van der Waals surface area contributed by atoms with Gasteiger partial charge in [0.1, 0.15) is 0 Å². The molecule has 3 nitrogen and oxygen atoms in total. The Labute approximate surface area is 125 Å². The van der Waals surface area contributed by atoms with Crippen LogP contribution in [0, 0.1) is 0 Å². The van der Waals surface area contributed by atoms with E-state index in [1.54, 1.807) is 0 Å². The molecule has 2 amide bonds. The first kappa shape index (κ1) is 15.0. The minimum atomic E-state index is -0.211. The second-order valence-corrected chi connectivity index (χ2v) is 4.94. The minimum Gasteiger partial charge on any atom is -0.296 e. The molecule has 0 heterocycles. The first-order valence-corrected chi connectivity index (χ1v) is 7.14. The first-order valence-electron chi connectivity index (χ1n) is 7.14. The van der Waals surface area contributed by atoms with E-state index in [0.29, 0.717) is 25.7 Å². The third-order valence-electron chi connectivity index (χ3n) is 3.25. The maximum absolute atomic E-state index is 11.7. The quantitative estimate of drug-likeness (QED) is 0.885. The van der Waals surface area contributed by atoms with Gasteiger partial charge in [-0.05, 0) is 24.0 Å². The van der Waals surface area contributed by atoms with E-state index >= 15 is 0 Å². The Hall–Kier alpha value is -2.42. The molecule has 0 aromatic heterocycles. The van der Waals surface area contributed by atoms with Crippen LogP contribution in [0.25, 0.3) is 0 Å². The van der Waals surface area contributed by atoms with Gasteiger partial charge >= 0.3 is 0 Å². The maximum atomic E-state index is 11.7. The van der Waals surface area contributed by atoms with Gasteiger partial charge in [-0.2, -0.15) is 0 Å². The van der Waals surface area contributed by atoms with Gasteiger partial charge in [-0.15, -0.1) is 0 Å². The number of carbonyl (C=O) groups excluding carboxylic acids is 2. The summed E-state index contributed by atoms with van der Waals surface area (Å²) in [6, 6.07) is 19.6. The summed E-state index contributed by atoms with van der Waals surface area (Å²) in [5, 5.41) is 2.44. The number of hydrogen-bond donors (Lipinski definition) is 1. The summed E-state index contributed by atoms with van der Waals surface area (Å²) in [6.07, 6.45) is 1.97. The summed E-state index contributed by atoms with van der Waals surface area (Å²) in [5.74, 6) is -0.422. The Balaban J connectivity index is 1.69. The molecule has 3 heteroatoms. The molecule has 0 spiro atoms. The Morgan fingerprint density at radius 1 is 0.667 bits per heavy atom. The van der Waals surface area contributed by atoms with E-state index < -0.39 is 0 Å². The monoisotopic (exact) mass is 281 g/mol. The van der Waals surface area contributed by atoms with Crippen LogP contribution in [0.1, 0.15) is 24.0 Å². The number of amides is 2. The molecule has 0 radical (unpaired) electrons. The van der Waals surface area contributed by atoms with Crippen LogP contribution in [0.15, 0.2) is 60.7 Å². The SMILES string of the molecule is O=C(CCc1ccccc1)NC(=O)CCc1ccccc1. The third kappa shape index (κ3) is 5.61. The molecule has 0 saturated heterocycles. The van der Waals surface area contributed by atoms with Gasteiger partial charge in [0.25, 0.3) is 0 Å². The van der Waals surface area contributed by atoms with Crippen molar-refractivity contribution in [2.24, 2.45) is 0 Å². The standard InChI is InChI=1S/C18H19NO2/c20-17(13-11-15-7-3-1-4-8-15)19-18(21)14-12-16-9-5-2-6-10-16/h1-10H,11-14H2,(H,19,20,21). The van der Waals surface area contributed by atoms with Gasteiger partial charge in [-0.3, -0.25) is 14.9 Å². The first-order chi connectivity index (χ1) is 10.2. The van der Waals surface area contributed by atoms with Crippen molar-refractivity contribution in [3.63, 3.8) is 0 Å². The van der Waals surface area contributed by atoms with E-state index in [9.17, 15) is 9.59 Å². The predicted octanol–water partition coefficient (Wildman–Crippen LogP) is 2.89. The van der Waals surface area contributed by atoms with Crippen molar-refractivity contribution >= 4 is 11.8 Å². The van der Waals surface area contributed by atoms with Crippen LogP contribution in [0.3, 0.4) is 0 Å². The summed E-state index contributed by atoms with van der Waals surface area (Å²) in [5.41, 5.74) is 2.20. The van der Waals surface area contributed by atoms with Crippen molar-refractivity contribution in [2.75, 3.05) is 0 Å². The fourth-order valence-electron chi connectivity index (χ4n) is 2.09. The topological polar surface area (TPSA) is 46.2 Å². The van der Waals surface area contributed by atoms with Gasteiger partial charge < -0.3 is 0 Å². The number of imide groups is 1. The van der Waals surface area contributed by atoms with Crippen LogP contribution in [0.4, 0.5) is 0 Å². The lowest BCUT2D eigenvalue weighted by atomic mass is 10.1. The van der Waals surface area contributed by atoms with Crippen molar-refractivity contribution in [3.05, 3.63) is 71.8 Å². The summed E-state index contributed by atoms with van der Waals surface area (Å²) in [4.78, 5) is 23.4. The van der Waals surface area contributed by atoms with Gasteiger partial charge in [0.05, 0.1) is 0 Å². The second kappa shape index (κ2) is 8.00. The molecule has 0 unspecified atom stereocenters. The van der Waals surface area contributed by atoms with Crippen LogP contribution in [0.2, 0.25) is 0 Å². The number of rotatable bonds is 6. The van der Waals surface area contributed by atoms with Crippen molar-refractivity contribution in [3.8, 4) is 0 Å². The van der Waals surface area contributed by atoms with E-state index in [4.69, 9.17) is 0 Å². The van der Waals surface area contributed by atoms with E-state index in [0.717, 1.165) is 11.1 Å². The maximum Gasteiger partial charge on any atom is 0.226 e. The molecule has 0 saturated carbocycles. The molecule has 21 heavy (non-hydrogen) atoms. The molecule has 2 rings (SSSR count). The molecule has 2 aromatic carbocycles. The normalized spacial score (nSPS) is 10.1. The fourth-order valence-corrected chi connectivity index (χ4v) is 2.09. The van der Waals surface area contributed by atoms with Gasteiger partial charge in [0.15, 0.2) is 0 Å². The van der Waals surface area contributed by atoms with E-state index in [1.807, 2.05) is 60.7 Å². The lowest BCUT2D eigenvalue weighted by Crippen LogP contribution is -2.30. The number of carbonyl (C=O) groups is 2. The highest BCUT2D eigenvalue weighted by Crippen LogP contribution is 2.04. The molecule has 0 aliphatic rings. The molecule has 2 aromatic rings. The van der Waals surface area contributed by atoms with Crippen LogP contribution in [-0.4, -0.2) is 11.8 Å². The van der Waals surface area contributed by atoms with Gasteiger partial charge in [0, 0.05) is 12.8 Å². The minimum absolute atomic E-state index is 0.211. The smallest absolute Gasteiger partial charge is 0.226 e. The van der Waals surface area contributed by atoms with Gasteiger partial charge in [-0.1, -0.05) is 60.7 Å². The zero-order valence-electron chi connectivity index (χ0n) is 11.9. The molecule has 0 bridgehead atoms. The number of nitrogens with one attached hydrogen (secondary N) is 1. The number of hydrogen-bond acceptors (Lipinski definition) is 2. The van der Waals surface area contributed by atoms with E-state index in [2.05, 4.69) is 5.32 Å². The second-order valence-electron chi connectivity index (χ2n) is 4.94. The average Bonchev–Trinajstić information content (AvgIpc) is 2.53. The summed E-state index contributed by atoms with van der Waals surface area (Å²) in [6.45, 7) is 0. The number of aryl methyl sites for hydroxylation is 2. The Morgan fingerprint density at radius 3 is 1.43 bits per heavy atom. The zero-order chi connectivity index (χ0) is 14.9. The molecule has 108 valence electrons. The summed E-state index contributed by atoms with van der Waals surface area (Å²) < 4.78 is 0. The molecule has 0 aliphatic carbocycles. The summed E-state index contributed by atoms with van der Waals surface area (Å²) in [7, 11) is 0. The highest BCUT2D eigenvalue weighted by Gasteiger charge is 2.08. The van der Waals surface area contributed by atoms with Crippen molar-refractivity contribution in [1.29, 1.82) is 0 Å². The predicted molar refractivity (Wildman–Crippen MR) is 82.7 cm³/mol. The lowest BCUT2D eigenvalue weighted by molar-refractivity contribution is -0.130. The fraction of sp³-hybridized carbons (Fsp3) is 0.222. The highest BCUT2D eigenvalue weighted by atomic mass is 16.2. The van der Waals surface area contributed by atoms with E-state index in [1.165, 1.54) is 0 Å².